The Labute approximate surface area is 180 Å². The predicted molar refractivity (Wildman–Crippen MR) is 119 cm³/mol. The number of nitrogens with zero attached hydrogens (tertiary/aromatic N) is 2. The highest BCUT2D eigenvalue weighted by atomic mass is 19.1. The van der Waals surface area contributed by atoms with Crippen molar-refractivity contribution in [3.8, 4) is 5.75 Å². The van der Waals surface area contributed by atoms with E-state index in [-0.39, 0.29) is 5.82 Å². The number of halogens is 1. The molecule has 1 unspecified atom stereocenters. The van der Waals surface area contributed by atoms with Crippen LogP contribution in [0.2, 0.25) is 0 Å². The smallest absolute Gasteiger partial charge is 0.127 e. The Morgan fingerprint density at radius 1 is 0.967 bits per heavy atom. The molecule has 0 radical (unpaired) electrons. The molecule has 0 saturated carbocycles. The molecule has 4 rings (SSSR count). The molecule has 2 aromatic rings. The predicted octanol–water partition coefficient (Wildman–Crippen LogP) is 4.18. The molecule has 0 spiro atoms. The van der Waals surface area contributed by atoms with Crippen LogP contribution in [0, 0.1) is 5.82 Å². The summed E-state index contributed by atoms with van der Waals surface area (Å²) in [6.45, 7) is 6.89. The molecule has 0 amide bonds. The molecule has 1 N–H and O–H groups in total. The van der Waals surface area contributed by atoms with Crippen molar-refractivity contribution in [1.29, 1.82) is 0 Å². The Bertz CT molecular complexity index is 822. The zero-order valence-electron chi connectivity index (χ0n) is 18.1. The molecule has 162 valence electrons. The Kier molecular flexibility index (Phi) is 7.37. The maximum Gasteiger partial charge on any atom is 0.127 e. The van der Waals surface area contributed by atoms with Gasteiger partial charge in [-0.1, -0.05) is 24.3 Å². The highest BCUT2D eigenvalue weighted by Gasteiger charge is 2.21. The fourth-order valence-corrected chi connectivity index (χ4v) is 4.74. The second kappa shape index (κ2) is 10.4. The zero-order valence-corrected chi connectivity index (χ0v) is 18.1. The summed E-state index contributed by atoms with van der Waals surface area (Å²) in [7, 11) is 1.76. The van der Waals surface area contributed by atoms with Gasteiger partial charge in [0.1, 0.15) is 11.6 Å². The van der Waals surface area contributed by atoms with E-state index in [1.165, 1.54) is 43.5 Å². The van der Waals surface area contributed by atoms with Crippen LogP contribution in [0.15, 0.2) is 42.5 Å². The van der Waals surface area contributed by atoms with Gasteiger partial charge in [0, 0.05) is 43.3 Å². The molecule has 2 aliphatic rings. The summed E-state index contributed by atoms with van der Waals surface area (Å²) in [5.41, 5.74) is 3.37. The van der Waals surface area contributed by atoms with Gasteiger partial charge in [0.05, 0.1) is 7.11 Å². The molecule has 4 nitrogen and oxygen atoms in total. The van der Waals surface area contributed by atoms with Gasteiger partial charge in [-0.2, -0.15) is 0 Å². The number of benzene rings is 2. The highest BCUT2D eigenvalue weighted by molar-refractivity contribution is 5.37. The van der Waals surface area contributed by atoms with E-state index < -0.39 is 0 Å². The second-order valence-corrected chi connectivity index (χ2v) is 8.68. The molecule has 2 aliphatic heterocycles. The third kappa shape index (κ3) is 5.60. The number of piperidine rings is 1. The zero-order chi connectivity index (χ0) is 20.8. The first-order chi connectivity index (χ1) is 14.7. The number of likely N-dealkylation sites (tertiary alicyclic amines) is 2. The van der Waals surface area contributed by atoms with E-state index in [0.717, 1.165) is 43.9 Å². The van der Waals surface area contributed by atoms with Crippen LogP contribution in [0.5, 0.6) is 5.75 Å². The minimum absolute atomic E-state index is 0.101. The third-order valence-corrected chi connectivity index (χ3v) is 6.39. The summed E-state index contributed by atoms with van der Waals surface area (Å²) >= 11 is 0. The lowest BCUT2D eigenvalue weighted by Crippen LogP contribution is -2.45. The Morgan fingerprint density at radius 3 is 2.53 bits per heavy atom. The Morgan fingerprint density at radius 2 is 1.73 bits per heavy atom. The van der Waals surface area contributed by atoms with Crippen molar-refractivity contribution in [1.82, 2.24) is 15.1 Å². The average molecular weight is 412 g/mol. The van der Waals surface area contributed by atoms with Crippen LogP contribution in [0.1, 0.15) is 42.4 Å². The van der Waals surface area contributed by atoms with Gasteiger partial charge in [0.15, 0.2) is 0 Å². The van der Waals surface area contributed by atoms with Crippen molar-refractivity contribution in [2.24, 2.45) is 0 Å². The largest absolute Gasteiger partial charge is 0.496 e. The quantitative estimate of drug-likeness (QED) is 0.705. The van der Waals surface area contributed by atoms with E-state index in [1.807, 2.05) is 12.1 Å². The summed E-state index contributed by atoms with van der Waals surface area (Å²) in [5, 5.41) is 3.74. The van der Waals surface area contributed by atoms with Crippen LogP contribution in [0.25, 0.3) is 0 Å². The van der Waals surface area contributed by atoms with Crippen LogP contribution < -0.4 is 10.1 Å². The standard InChI is InChI=1S/C25H34FN3O/c1-30-25-11-10-20(15-22(25)18-28-12-4-5-13-28)16-27-23-8-6-14-29(19-23)17-21-7-2-3-9-24(21)26/h2-3,7,9-11,15,23,27H,4-6,8,12-14,16-19H2,1H3. The molecule has 30 heavy (non-hydrogen) atoms. The molecular formula is C25H34FN3O. The fraction of sp³-hybridized carbons (Fsp3) is 0.520. The maximum absolute atomic E-state index is 14.0. The van der Waals surface area contributed by atoms with Gasteiger partial charge in [0.25, 0.3) is 0 Å². The molecule has 1 atom stereocenters. The first kappa shape index (κ1) is 21.3. The SMILES string of the molecule is COc1ccc(CNC2CCCN(Cc3ccccc3F)C2)cc1CN1CCCC1. The second-order valence-electron chi connectivity index (χ2n) is 8.68. The van der Waals surface area contributed by atoms with Crippen LogP contribution in [-0.2, 0) is 19.6 Å². The number of hydrogen-bond donors (Lipinski definition) is 1. The van der Waals surface area contributed by atoms with Gasteiger partial charge in [0.2, 0.25) is 0 Å². The average Bonchev–Trinajstić information content (AvgIpc) is 3.27. The first-order valence-corrected chi connectivity index (χ1v) is 11.3. The molecule has 2 aromatic carbocycles. The molecule has 5 heteroatoms. The van der Waals surface area contributed by atoms with Crippen molar-refractivity contribution >= 4 is 0 Å². The van der Waals surface area contributed by atoms with Crippen molar-refractivity contribution < 1.29 is 9.13 Å². The highest BCUT2D eigenvalue weighted by Crippen LogP contribution is 2.24. The molecule has 2 fully saturated rings. The molecule has 0 aromatic heterocycles. The summed E-state index contributed by atoms with van der Waals surface area (Å²) in [6.07, 6.45) is 4.92. The lowest BCUT2D eigenvalue weighted by molar-refractivity contribution is 0.181. The lowest BCUT2D eigenvalue weighted by Gasteiger charge is -2.33. The number of rotatable bonds is 8. The van der Waals surface area contributed by atoms with Crippen molar-refractivity contribution in [2.75, 3.05) is 33.3 Å². The van der Waals surface area contributed by atoms with E-state index in [9.17, 15) is 4.39 Å². The van der Waals surface area contributed by atoms with Gasteiger partial charge in [-0.05, 0) is 69.1 Å². The lowest BCUT2D eigenvalue weighted by atomic mass is 10.0. The molecule has 0 bridgehead atoms. The topological polar surface area (TPSA) is 27.7 Å². The Balaban J connectivity index is 1.32. The van der Waals surface area contributed by atoms with Gasteiger partial charge >= 0.3 is 0 Å². The van der Waals surface area contributed by atoms with E-state index in [4.69, 9.17) is 4.74 Å². The van der Waals surface area contributed by atoms with Crippen LogP contribution >= 0.6 is 0 Å². The van der Waals surface area contributed by atoms with Crippen LogP contribution in [-0.4, -0.2) is 49.1 Å². The van der Waals surface area contributed by atoms with Crippen LogP contribution in [0.4, 0.5) is 4.39 Å². The summed E-state index contributed by atoms with van der Waals surface area (Å²) in [5.74, 6) is 0.885. The molecule has 2 heterocycles. The summed E-state index contributed by atoms with van der Waals surface area (Å²) in [6, 6.07) is 14.1. The van der Waals surface area contributed by atoms with E-state index in [1.54, 1.807) is 19.2 Å². The van der Waals surface area contributed by atoms with Gasteiger partial charge < -0.3 is 10.1 Å². The fourth-order valence-electron chi connectivity index (χ4n) is 4.74. The Hall–Kier alpha value is -1.95. The van der Waals surface area contributed by atoms with E-state index in [2.05, 4.69) is 33.3 Å². The van der Waals surface area contributed by atoms with Crippen molar-refractivity contribution in [3.05, 3.63) is 65.0 Å². The van der Waals surface area contributed by atoms with Crippen molar-refractivity contribution in [2.45, 2.75) is 51.4 Å². The van der Waals surface area contributed by atoms with Gasteiger partial charge in [-0.3, -0.25) is 9.80 Å². The third-order valence-electron chi connectivity index (χ3n) is 6.39. The molecule has 0 aliphatic carbocycles. The maximum atomic E-state index is 14.0. The monoisotopic (exact) mass is 411 g/mol. The minimum atomic E-state index is -0.101. The normalized spacial score (nSPS) is 20.5. The number of ether oxygens (including phenoxy) is 1. The molecular weight excluding hydrogens is 377 g/mol. The number of hydrogen-bond acceptors (Lipinski definition) is 4. The summed E-state index contributed by atoms with van der Waals surface area (Å²) in [4.78, 5) is 4.88. The number of methoxy groups -OCH3 is 1. The van der Waals surface area contributed by atoms with E-state index >= 15 is 0 Å². The molecule has 2 saturated heterocycles. The minimum Gasteiger partial charge on any atom is -0.496 e. The number of nitrogens with one attached hydrogen (secondary N) is 1. The van der Waals surface area contributed by atoms with Crippen molar-refractivity contribution in [3.63, 3.8) is 0 Å². The van der Waals surface area contributed by atoms with Crippen LogP contribution in [0.3, 0.4) is 0 Å². The summed E-state index contributed by atoms with van der Waals surface area (Å²) < 4.78 is 19.6. The van der Waals surface area contributed by atoms with Gasteiger partial charge in [-0.15, -0.1) is 0 Å². The first-order valence-electron chi connectivity index (χ1n) is 11.3. The van der Waals surface area contributed by atoms with E-state index in [0.29, 0.717) is 12.6 Å². The van der Waals surface area contributed by atoms with Gasteiger partial charge in [-0.25, -0.2) is 4.39 Å².